The molecule has 216 valence electrons. The van der Waals surface area contributed by atoms with Crippen LogP contribution in [0.25, 0.3) is 16.9 Å². The van der Waals surface area contributed by atoms with Crippen molar-refractivity contribution in [3.05, 3.63) is 69.8 Å². The number of rotatable bonds is 5. The van der Waals surface area contributed by atoms with Gasteiger partial charge in [0.2, 0.25) is 11.6 Å². The van der Waals surface area contributed by atoms with Crippen LogP contribution in [0.2, 0.25) is 0 Å². The minimum atomic E-state index is -2.52. The van der Waals surface area contributed by atoms with Gasteiger partial charge < -0.3 is 15.3 Å². The van der Waals surface area contributed by atoms with Crippen molar-refractivity contribution in [2.24, 2.45) is 22.7 Å². The van der Waals surface area contributed by atoms with Gasteiger partial charge in [-0.15, -0.1) is 0 Å². The van der Waals surface area contributed by atoms with Crippen LogP contribution in [0.15, 0.2) is 53.1 Å². The lowest BCUT2D eigenvalue weighted by Crippen LogP contribution is -2.70. The summed E-state index contributed by atoms with van der Waals surface area (Å²) in [6, 6.07) is 11.5. The second kappa shape index (κ2) is 9.52. The lowest BCUT2D eigenvalue weighted by Gasteiger charge is -2.60. The van der Waals surface area contributed by atoms with Gasteiger partial charge in [-0.2, -0.15) is 0 Å². The van der Waals surface area contributed by atoms with E-state index in [2.05, 4.69) is 19.1 Å². The van der Waals surface area contributed by atoms with Crippen LogP contribution in [0.4, 0.5) is 0 Å². The molecule has 0 spiro atoms. The summed E-state index contributed by atoms with van der Waals surface area (Å²) in [5.74, 6) is -3.37. The number of phenolic OH excluding ortho intramolecular Hbond substituents is 1. The van der Waals surface area contributed by atoms with E-state index in [-0.39, 0.29) is 34.8 Å². The van der Waals surface area contributed by atoms with Gasteiger partial charge in [-0.25, -0.2) is 0 Å². The molecule has 3 N–H and O–H groups in total. The van der Waals surface area contributed by atoms with Crippen LogP contribution in [0, 0.1) is 22.7 Å². The van der Waals surface area contributed by atoms with E-state index in [0.29, 0.717) is 12.0 Å². The Balaban J connectivity index is 1.78. The number of hydrogen-bond donors (Lipinski definition) is 3. The average molecular weight is 557 g/mol. The highest BCUT2D eigenvalue weighted by atomic mass is 16.3. The summed E-state index contributed by atoms with van der Waals surface area (Å²) in [4.78, 5) is 41.1. The fraction of sp³-hybridized carbons (Fsp3) is 0.457. The predicted octanol–water partition coefficient (Wildman–Crippen LogP) is 6.31. The first-order valence-corrected chi connectivity index (χ1v) is 14.6. The van der Waals surface area contributed by atoms with Crippen LogP contribution >= 0.6 is 0 Å². The third-order valence-electron chi connectivity index (χ3n) is 9.97. The van der Waals surface area contributed by atoms with Crippen LogP contribution < -0.4 is 0 Å². The van der Waals surface area contributed by atoms with Gasteiger partial charge in [0.15, 0.2) is 11.4 Å². The SMILES string of the molecule is CCCc1cccc(-c2ccc(O)c3c2C[C@@]2(C)C[C@@]4(C)[C@H](C(C)C)C(C)=C(C(C)=O)C(=O)[C@@]4(O)C(=O)C2=C3O)c1. The molecule has 0 heterocycles. The van der Waals surface area contributed by atoms with E-state index < -0.39 is 45.5 Å². The number of aromatic hydroxyl groups is 1. The van der Waals surface area contributed by atoms with E-state index in [4.69, 9.17) is 0 Å². The summed E-state index contributed by atoms with van der Waals surface area (Å²) in [5, 5.41) is 35.0. The molecule has 6 nitrogen and oxygen atoms in total. The molecule has 0 unspecified atom stereocenters. The van der Waals surface area contributed by atoms with E-state index in [1.165, 1.54) is 18.6 Å². The first-order chi connectivity index (χ1) is 19.1. The van der Waals surface area contributed by atoms with Crippen molar-refractivity contribution in [3.63, 3.8) is 0 Å². The number of carbonyl (C=O) groups excluding carboxylic acids is 3. The van der Waals surface area contributed by atoms with E-state index in [0.717, 1.165) is 29.5 Å². The Hall–Kier alpha value is -3.51. The molecular weight excluding hydrogens is 516 g/mol. The van der Waals surface area contributed by atoms with Gasteiger partial charge in [-0.1, -0.05) is 76.9 Å². The average Bonchev–Trinajstić information content (AvgIpc) is 2.86. The molecule has 0 bridgehead atoms. The van der Waals surface area contributed by atoms with E-state index >= 15 is 0 Å². The van der Waals surface area contributed by atoms with Crippen molar-refractivity contribution in [1.29, 1.82) is 0 Å². The van der Waals surface area contributed by atoms with Gasteiger partial charge in [-0.3, -0.25) is 14.4 Å². The molecule has 3 aliphatic carbocycles. The number of ketones is 3. The molecule has 0 amide bonds. The summed E-state index contributed by atoms with van der Waals surface area (Å²) in [5.41, 5.74) is -0.418. The van der Waals surface area contributed by atoms with Crippen LogP contribution in [0.3, 0.4) is 0 Å². The highest BCUT2D eigenvalue weighted by molar-refractivity contribution is 6.33. The lowest BCUT2D eigenvalue weighted by atomic mass is 9.42. The summed E-state index contributed by atoms with van der Waals surface area (Å²) in [6.07, 6.45) is 2.47. The Morgan fingerprint density at radius 3 is 2.37 bits per heavy atom. The van der Waals surface area contributed by atoms with Crippen LogP contribution in [-0.4, -0.2) is 38.3 Å². The lowest BCUT2D eigenvalue weighted by molar-refractivity contribution is -0.180. The Bertz CT molecular complexity index is 1570. The molecule has 1 saturated carbocycles. The molecule has 2 aromatic carbocycles. The highest BCUT2D eigenvalue weighted by Crippen LogP contribution is 2.65. The number of hydrogen-bond acceptors (Lipinski definition) is 6. The van der Waals surface area contributed by atoms with Gasteiger partial charge in [0.1, 0.15) is 11.5 Å². The zero-order valence-electron chi connectivity index (χ0n) is 25.0. The maximum atomic E-state index is 14.5. The second-order valence-electron chi connectivity index (χ2n) is 13.2. The molecule has 0 radical (unpaired) electrons. The molecular formula is C35H40O6. The molecule has 6 heteroatoms. The van der Waals surface area contributed by atoms with E-state index in [1.807, 2.05) is 39.0 Å². The fourth-order valence-electron chi connectivity index (χ4n) is 8.70. The van der Waals surface area contributed by atoms with Crippen molar-refractivity contribution < 1.29 is 29.7 Å². The van der Waals surface area contributed by atoms with Gasteiger partial charge in [0, 0.05) is 16.4 Å². The Labute approximate surface area is 241 Å². The fourth-order valence-corrected chi connectivity index (χ4v) is 8.70. The quantitative estimate of drug-likeness (QED) is 0.294. The summed E-state index contributed by atoms with van der Waals surface area (Å²) in [6.45, 7) is 12.8. The van der Waals surface area contributed by atoms with E-state index in [1.54, 1.807) is 13.8 Å². The molecule has 4 atom stereocenters. The van der Waals surface area contributed by atoms with Crippen LogP contribution in [0.1, 0.15) is 78.0 Å². The zero-order chi connectivity index (χ0) is 30.2. The van der Waals surface area contributed by atoms with Crippen LogP contribution in [0.5, 0.6) is 5.75 Å². The maximum Gasteiger partial charge on any atom is 0.206 e. The minimum absolute atomic E-state index is 0.0598. The Morgan fingerprint density at radius 2 is 1.76 bits per heavy atom. The normalized spacial score (nSPS) is 29.4. The number of phenols is 1. The Kier molecular flexibility index (Phi) is 6.73. The van der Waals surface area contributed by atoms with Gasteiger partial charge in [0.25, 0.3) is 0 Å². The second-order valence-corrected chi connectivity index (χ2v) is 13.2. The number of Topliss-reactive ketones (excluding diaryl/α,β-unsaturated/α-hetero) is 3. The number of carbonyl (C=O) groups is 3. The number of aliphatic hydroxyl groups excluding tert-OH is 1. The van der Waals surface area contributed by atoms with Crippen molar-refractivity contribution in [2.75, 3.05) is 0 Å². The number of fused-ring (bicyclic) bond motifs is 3. The molecule has 2 aromatic rings. The third kappa shape index (κ3) is 3.83. The first-order valence-electron chi connectivity index (χ1n) is 14.6. The van der Waals surface area contributed by atoms with Crippen molar-refractivity contribution in [1.82, 2.24) is 0 Å². The van der Waals surface area contributed by atoms with Gasteiger partial charge in [0.05, 0.1) is 11.1 Å². The number of benzene rings is 2. The number of aliphatic hydroxyl groups is 2. The zero-order valence-corrected chi connectivity index (χ0v) is 25.0. The van der Waals surface area contributed by atoms with Crippen molar-refractivity contribution in [3.8, 4) is 16.9 Å². The molecule has 41 heavy (non-hydrogen) atoms. The Morgan fingerprint density at radius 1 is 1.07 bits per heavy atom. The summed E-state index contributed by atoms with van der Waals surface area (Å²) >= 11 is 0. The highest BCUT2D eigenvalue weighted by Gasteiger charge is 2.72. The van der Waals surface area contributed by atoms with Gasteiger partial charge >= 0.3 is 0 Å². The van der Waals surface area contributed by atoms with E-state index in [9.17, 15) is 29.7 Å². The molecule has 0 aromatic heterocycles. The molecule has 0 aliphatic heterocycles. The standard InChI is InChI=1S/C35H40O6/c1-8-10-21-11-9-12-22(15-21)23-13-14-25(37)27-24(23)16-33(6)17-34(7)28(18(2)3)19(4)26(20(5)36)31(39)35(34,41)32(40)29(33)30(27)38/h9,11-15,18,28,37-38,41H,8,10,16-17H2,1-7H3/t28-,33+,34+,35-/m1/s1. The van der Waals surface area contributed by atoms with Crippen LogP contribution in [-0.2, 0) is 27.2 Å². The summed E-state index contributed by atoms with van der Waals surface area (Å²) in [7, 11) is 0. The van der Waals surface area contributed by atoms with Gasteiger partial charge in [-0.05, 0) is 73.3 Å². The maximum absolute atomic E-state index is 14.5. The number of allylic oxidation sites excluding steroid dienone is 1. The summed E-state index contributed by atoms with van der Waals surface area (Å²) < 4.78 is 0. The van der Waals surface area contributed by atoms with Crippen molar-refractivity contribution in [2.45, 2.75) is 79.8 Å². The molecule has 5 rings (SSSR count). The molecule has 0 saturated heterocycles. The largest absolute Gasteiger partial charge is 0.507 e. The number of aryl methyl sites for hydroxylation is 1. The van der Waals surface area contributed by atoms with Crippen molar-refractivity contribution >= 4 is 23.1 Å². The predicted molar refractivity (Wildman–Crippen MR) is 158 cm³/mol. The third-order valence-corrected chi connectivity index (χ3v) is 9.97. The smallest absolute Gasteiger partial charge is 0.206 e. The molecule has 3 aliphatic rings. The topological polar surface area (TPSA) is 112 Å². The molecule has 1 fully saturated rings. The first kappa shape index (κ1) is 29.0. The minimum Gasteiger partial charge on any atom is -0.507 e. The monoisotopic (exact) mass is 556 g/mol.